The third-order valence-electron chi connectivity index (χ3n) is 6.76. The van der Waals surface area contributed by atoms with E-state index in [9.17, 15) is 9.59 Å². The molecule has 40 heavy (non-hydrogen) atoms. The summed E-state index contributed by atoms with van der Waals surface area (Å²) in [5, 5.41) is 1.21. The first-order chi connectivity index (χ1) is 19.2. The van der Waals surface area contributed by atoms with Gasteiger partial charge >= 0.3 is 6.16 Å². The van der Waals surface area contributed by atoms with Crippen LogP contribution in [0, 0.1) is 0 Å². The van der Waals surface area contributed by atoms with Crippen molar-refractivity contribution in [2.24, 2.45) is 0 Å². The topological polar surface area (TPSA) is 78.2 Å². The summed E-state index contributed by atoms with van der Waals surface area (Å²) in [6.45, 7) is 3.97. The number of hydrogen-bond acceptors (Lipinski definition) is 6. The lowest BCUT2D eigenvalue weighted by Crippen LogP contribution is -3.00. The molecule has 0 spiro atoms. The van der Waals surface area contributed by atoms with Crippen LogP contribution in [-0.2, 0) is 30.4 Å². The van der Waals surface area contributed by atoms with Gasteiger partial charge in [0.15, 0.2) is 18.9 Å². The molecule has 0 bridgehead atoms. The number of hydrogen-bond donors (Lipinski definition) is 0. The number of ether oxygens (including phenoxy) is 3. The van der Waals surface area contributed by atoms with Crippen molar-refractivity contribution < 1.29 is 45.6 Å². The van der Waals surface area contributed by atoms with Gasteiger partial charge in [0.2, 0.25) is 6.41 Å². The predicted molar refractivity (Wildman–Crippen MR) is 153 cm³/mol. The van der Waals surface area contributed by atoms with Gasteiger partial charge in [0.25, 0.3) is 0 Å². The molecule has 1 heterocycles. The van der Waals surface area contributed by atoms with E-state index in [1.54, 1.807) is 0 Å². The summed E-state index contributed by atoms with van der Waals surface area (Å²) in [6.07, 6.45) is 24.3. The van der Waals surface area contributed by atoms with E-state index in [0.29, 0.717) is 26.1 Å². The molecule has 232 valence electrons. The van der Waals surface area contributed by atoms with Crippen LogP contribution in [0.5, 0.6) is 0 Å². The molecule has 0 saturated carbocycles. The smallest absolute Gasteiger partial charge is 0.508 e. The second kappa shape index (κ2) is 28.6. The van der Waals surface area contributed by atoms with E-state index in [-0.39, 0.29) is 25.6 Å². The van der Waals surface area contributed by atoms with E-state index in [4.69, 9.17) is 14.3 Å². The van der Waals surface area contributed by atoms with Gasteiger partial charge in [0.05, 0.1) is 13.7 Å². The summed E-state index contributed by atoms with van der Waals surface area (Å²) >= 11 is 0. The first-order valence-electron chi connectivity index (χ1n) is 15.3. The van der Waals surface area contributed by atoms with E-state index in [1.807, 2.05) is 35.2 Å². The fourth-order valence-corrected chi connectivity index (χ4v) is 4.42. The molecule has 1 aromatic heterocycles. The van der Waals surface area contributed by atoms with Crippen LogP contribution in [-0.4, -0.2) is 57.2 Å². The number of unbranched alkanes of at least 4 members (excludes halogenated alkanes) is 15. The number of aromatic nitrogens is 1. The highest BCUT2D eigenvalue weighted by atomic mass is 35.5. The number of pyridine rings is 1. The number of rotatable bonds is 27. The zero-order valence-electron chi connectivity index (χ0n) is 25.1. The van der Waals surface area contributed by atoms with Gasteiger partial charge in [-0.3, -0.25) is 9.63 Å². The van der Waals surface area contributed by atoms with E-state index in [2.05, 4.69) is 11.7 Å². The Balaban J connectivity index is 0.0000152. The minimum atomic E-state index is -0.793. The molecule has 8 nitrogen and oxygen atoms in total. The van der Waals surface area contributed by atoms with Crippen molar-refractivity contribution >= 4 is 12.6 Å². The molecule has 1 amide bonds. The number of halogens is 1. The summed E-state index contributed by atoms with van der Waals surface area (Å²) in [6, 6.07) is 5.78. The SMILES string of the molecule is CCCCCCCCCCCCCCCCCCOC[C@H](COC(=O)OC)ON(C=O)CC[n+]1ccccc1.[Cl-]. The average Bonchev–Trinajstić information content (AvgIpc) is 2.97. The summed E-state index contributed by atoms with van der Waals surface area (Å²) in [5.74, 6) is 0. The largest absolute Gasteiger partial charge is 1.00 e. The molecular formula is C31H55ClN2O6. The molecule has 0 aliphatic heterocycles. The summed E-state index contributed by atoms with van der Waals surface area (Å²) < 4.78 is 17.3. The molecule has 0 N–H and O–H groups in total. The van der Waals surface area contributed by atoms with Crippen molar-refractivity contribution in [2.75, 3.05) is 33.5 Å². The minimum Gasteiger partial charge on any atom is -1.00 e. The third-order valence-corrected chi connectivity index (χ3v) is 6.76. The molecule has 0 unspecified atom stereocenters. The highest BCUT2D eigenvalue weighted by Gasteiger charge is 2.18. The van der Waals surface area contributed by atoms with E-state index in [0.717, 1.165) is 12.8 Å². The molecule has 0 aliphatic rings. The number of methoxy groups -OCH3 is 1. The highest BCUT2D eigenvalue weighted by Crippen LogP contribution is 2.13. The number of carbonyl (C=O) groups excluding carboxylic acids is 2. The van der Waals surface area contributed by atoms with Crippen LogP contribution < -0.4 is 17.0 Å². The molecule has 1 aromatic rings. The molecule has 1 atom stereocenters. The lowest BCUT2D eigenvalue weighted by molar-refractivity contribution is -0.697. The second-order valence-corrected chi connectivity index (χ2v) is 10.2. The Bertz CT molecular complexity index is 698. The van der Waals surface area contributed by atoms with Crippen molar-refractivity contribution in [3.63, 3.8) is 0 Å². The zero-order chi connectivity index (χ0) is 28.2. The summed E-state index contributed by atoms with van der Waals surface area (Å²) in [4.78, 5) is 28.7. The van der Waals surface area contributed by atoms with Crippen LogP contribution in [0.3, 0.4) is 0 Å². The Morgan fingerprint density at radius 2 is 1.32 bits per heavy atom. The van der Waals surface area contributed by atoms with Gasteiger partial charge in [0, 0.05) is 18.7 Å². The van der Waals surface area contributed by atoms with Crippen molar-refractivity contribution in [2.45, 2.75) is 122 Å². The van der Waals surface area contributed by atoms with E-state index >= 15 is 0 Å². The molecule has 0 fully saturated rings. The maximum absolute atomic E-state index is 11.5. The number of hydroxylamine groups is 2. The van der Waals surface area contributed by atoms with Gasteiger partial charge in [-0.05, 0) is 6.42 Å². The average molecular weight is 587 g/mol. The number of carbonyl (C=O) groups is 2. The van der Waals surface area contributed by atoms with Crippen molar-refractivity contribution in [1.82, 2.24) is 5.06 Å². The normalized spacial score (nSPS) is 11.4. The van der Waals surface area contributed by atoms with Gasteiger partial charge in [-0.25, -0.2) is 14.4 Å². The monoisotopic (exact) mass is 586 g/mol. The zero-order valence-corrected chi connectivity index (χ0v) is 25.9. The van der Waals surface area contributed by atoms with Gasteiger partial charge < -0.3 is 26.6 Å². The van der Waals surface area contributed by atoms with E-state index in [1.165, 1.54) is 102 Å². The van der Waals surface area contributed by atoms with Crippen molar-refractivity contribution in [1.29, 1.82) is 0 Å². The molecule has 0 saturated heterocycles. The van der Waals surface area contributed by atoms with Crippen LogP contribution in [0.1, 0.15) is 110 Å². The van der Waals surface area contributed by atoms with Gasteiger partial charge in [0.1, 0.15) is 19.3 Å². The van der Waals surface area contributed by atoms with Gasteiger partial charge in [-0.2, -0.15) is 0 Å². The van der Waals surface area contributed by atoms with Crippen molar-refractivity contribution in [3.8, 4) is 0 Å². The summed E-state index contributed by atoms with van der Waals surface area (Å²) in [7, 11) is 1.25. The molecular weight excluding hydrogens is 532 g/mol. The molecule has 0 aromatic carbocycles. The maximum atomic E-state index is 11.5. The standard InChI is InChI=1S/C31H55N2O6.ClH/c1-3-4-5-6-7-8-9-10-11-12-13-14-15-16-17-21-26-37-27-30(28-38-31(35)36-2)39-33(29-34)25-24-32-22-19-18-20-23-32;/h18-20,22-23,29-30H,3-17,21,24-28H2,1-2H3;1H/q+1;/p-1/t30-;/m1./s1. The second-order valence-electron chi connectivity index (χ2n) is 10.2. The first kappa shape index (κ1) is 38.1. The maximum Gasteiger partial charge on any atom is 0.508 e. The van der Waals surface area contributed by atoms with Crippen LogP contribution in [0.15, 0.2) is 30.6 Å². The number of amides is 1. The number of nitrogens with zero attached hydrogens (tertiary/aromatic N) is 2. The lowest BCUT2D eigenvalue weighted by atomic mass is 10.0. The summed E-state index contributed by atoms with van der Waals surface area (Å²) in [5.41, 5.74) is 0. The Kier molecular flexibility index (Phi) is 27.3. The molecule has 0 radical (unpaired) electrons. The van der Waals surface area contributed by atoms with Crippen LogP contribution in [0.2, 0.25) is 0 Å². The van der Waals surface area contributed by atoms with Crippen LogP contribution >= 0.6 is 0 Å². The van der Waals surface area contributed by atoms with Crippen LogP contribution in [0.4, 0.5) is 4.79 Å². The Hall–Kier alpha value is -1.90. The predicted octanol–water partition coefficient (Wildman–Crippen LogP) is 3.80. The molecule has 9 heteroatoms. The minimum absolute atomic E-state index is 0. The van der Waals surface area contributed by atoms with Gasteiger partial charge in [-0.1, -0.05) is 109 Å². The van der Waals surface area contributed by atoms with Gasteiger partial charge in [-0.15, -0.1) is 0 Å². The fourth-order valence-electron chi connectivity index (χ4n) is 4.42. The van der Waals surface area contributed by atoms with Crippen LogP contribution in [0.25, 0.3) is 0 Å². The Labute approximate surface area is 249 Å². The molecule has 0 aliphatic carbocycles. The lowest BCUT2D eigenvalue weighted by Gasteiger charge is -2.23. The molecule has 1 rings (SSSR count). The Morgan fingerprint density at radius 1 is 0.800 bits per heavy atom. The quantitative estimate of drug-likeness (QED) is 0.0513. The third kappa shape index (κ3) is 22.9. The first-order valence-corrected chi connectivity index (χ1v) is 15.3. The highest BCUT2D eigenvalue weighted by molar-refractivity contribution is 5.59. The van der Waals surface area contributed by atoms with E-state index < -0.39 is 12.3 Å². The Morgan fingerprint density at radius 3 is 1.82 bits per heavy atom. The fraction of sp³-hybridized carbons (Fsp3) is 0.774. The van der Waals surface area contributed by atoms with Crippen molar-refractivity contribution in [3.05, 3.63) is 30.6 Å².